The molecule has 6 heteroatoms. The number of imidazole rings is 2. The number of hydrogen-bond acceptors (Lipinski definition) is 4. The van der Waals surface area contributed by atoms with Gasteiger partial charge in [-0.1, -0.05) is 0 Å². The Labute approximate surface area is 86.7 Å². The highest BCUT2D eigenvalue weighted by Crippen LogP contribution is 2.31. The molecule has 1 aliphatic rings. The molecule has 0 radical (unpaired) electrons. The lowest BCUT2D eigenvalue weighted by molar-refractivity contribution is 0.804. The van der Waals surface area contributed by atoms with E-state index in [1.54, 1.807) is 12.5 Å². The predicted molar refractivity (Wildman–Crippen MR) is 57.5 cm³/mol. The molecule has 78 valence electrons. The van der Waals surface area contributed by atoms with Gasteiger partial charge in [0, 0.05) is 20.1 Å². The van der Waals surface area contributed by atoms with Gasteiger partial charge in [-0.3, -0.25) is 4.57 Å². The molecule has 15 heavy (non-hydrogen) atoms. The lowest BCUT2D eigenvalue weighted by Crippen LogP contribution is -2.13. The average molecular weight is 204 g/mol. The second-order valence-corrected chi connectivity index (χ2v) is 3.68. The number of nitrogens with two attached hydrogens (primary N) is 1. The number of nitrogens with one attached hydrogen (secondary N) is 1. The van der Waals surface area contributed by atoms with Crippen LogP contribution in [0.15, 0.2) is 12.5 Å². The number of aromatic nitrogens is 4. The van der Waals surface area contributed by atoms with Crippen molar-refractivity contribution in [3.05, 3.63) is 12.5 Å². The number of fused-ring (bicyclic) bond motifs is 1. The molecule has 2 aromatic rings. The lowest BCUT2D eigenvalue weighted by atomic mass is 10.3. The van der Waals surface area contributed by atoms with Crippen LogP contribution in [0.2, 0.25) is 0 Å². The van der Waals surface area contributed by atoms with Gasteiger partial charge in [-0.2, -0.15) is 0 Å². The summed E-state index contributed by atoms with van der Waals surface area (Å²) >= 11 is 0. The normalized spacial score (nSPS) is 14.6. The fraction of sp³-hybridized carbons (Fsp3) is 0.333. The number of anilines is 2. The van der Waals surface area contributed by atoms with Gasteiger partial charge in [-0.05, 0) is 0 Å². The Balaban J connectivity index is 2.16. The largest absolute Gasteiger partial charge is 0.383 e. The first-order valence-electron chi connectivity index (χ1n) is 4.83. The van der Waals surface area contributed by atoms with Crippen LogP contribution in [0.25, 0.3) is 11.4 Å². The third kappa shape index (κ3) is 1.04. The Morgan fingerprint density at radius 2 is 2.33 bits per heavy atom. The van der Waals surface area contributed by atoms with Crippen molar-refractivity contribution in [1.82, 2.24) is 19.5 Å². The van der Waals surface area contributed by atoms with E-state index >= 15 is 0 Å². The number of nitrogen functional groups attached to an aromatic ring is 1. The van der Waals surface area contributed by atoms with Crippen LogP contribution in [0, 0.1) is 0 Å². The molecule has 0 saturated carbocycles. The number of hydrogen-bond donors (Lipinski definition) is 2. The molecule has 0 fully saturated rings. The van der Waals surface area contributed by atoms with E-state index in [1.807, 2.05) is 11.6 Å². The van der Waals surface area contributed by atoms with Gasteiger partial charge in [0.05, 0.1) is 18.2 Å². The molecule has 0 saturated heterocycles. The Hall–Kier alpha value is -1.98. The first kappa shape index (κ1) is 8.34. The minimum absolute atomic E-state index is 0.707. The van der Waals surface area contributed by atoms with Crippen molar-refractivity contribution >= 4 is 11.8 Å². The van der Waals surface area contributed by atoms with Gasteiger partial charge in [0.1, 0.15) is 11.5 Å². The Morgan fingerprint density at radius 3 is 3.00 bits per heavy atom. The Kier molecular flexibility index (Phi) is 1.53. The molecule has 3 rings (SSSR count). The summed E-state index contributed by atoms with van der Waals surface area (Å²) < 4.78 is 2.02. The van der Waals surface area contributed by atoms with Crippen LogP contribution >= 0.6 is 0 Å². The molecule has 1 aliphatic heterocycles. The van der Waals surface area contributed by atoms with Gasteiger partial charge in [0.2, 0.25) is 5.95 Å². The third-order valence-electron chi connectivity index (χ3n) is 2.74. The van der Waals surface area contributed by atoms with Crippen LogP contribution in [-0.4, -0.2) is 33.1 Å². The summed E-state index contributed by atoms with van der Waals surface area (Å²) in [4.78, 5) is 13.6. The molecule has 6 nitrogen and oxygen atoms in total. The van der Waals surface area contributed by atoms with Crippen LogP contribution < -0.4 is 10.6 Å². The summed E-state index contributed by atoms with van der Waals surface area (Å²) in [5, 5.41) is 0. The molecular formula is C9H12N6. The zero-order valence-electron chi connectivity index (χ0n) is 8.44. The van der Waals surface area contributed by atoms with Crippen molar-refractivity contribution in [2.75, 3.05) is 24.2 Å². The highest BCUT2D eigenvalue weighted by atomic mass is 15.4. The molecule has 3 N–H and O–H groups in total. The zero-order valence-corrected chi connectivity index (χ0v) is 8.44. The number of nitrogens with zero attached hydrogens (tertiary/aromatic N) is 4. The van der Waals surface area contributed by atoms with Crippen LogP contribution in [0.4, 0.5) is 11.8 Å². The maximum absolute atomic E-state index is 6.03. The lowest BCUT2D eigenvalue weighted by Gasteiger charge is -2.05. The van der Waals surface area contributed by atoms with E-state index in [1.165, 1.54) is 0 Å². The van der Waals surface area contributed by atoms with Gasteiger partial charge in [-0.15, -0.1) is 0 Å². The maximum atomic E-state index is 6.03. The zero-order chi connectivity index (χ0) is 10.4. The summed E-state index contributed by atoms with van der Waals surface area (Å²) in [6.07, 6.45) is 3.36. The highest BCUT2D eigenvalue weighted by molar-refractivity contribution is 5.71. The fourth-order valence-electron chi connectivity index (χ4n) is 1.90. The van der Waals surface area contributed by atoms with Crippen molar-refractivity contribution in [1.29, 1.82) is 0 Å². The molecule has 0 bridgehead atoms. The molecule has 2 aromatic heterocycles. The first-order chi connectivity index (χ1) is 7.27. The van der Waals surface area contributed by atoms with Gasteiger partial charge in [-0.25, -0.2) is 9.97 Å². The molecule has 0 aromatic carbocycles. The summed E-state index contributed by atoms with van der Waals surface area (Å²) in [6, 6.07) is 0. The standard InChI is InChI=1S/C9H12N6/c1-14-2-3-15-8(10)7(13-9(14)15)6-4-11-5-12-6/h4-5H,2-3,10H2,1H3,(H,11,12). The minimum Gasteiger partial charge on any atom is -0.383 e. The van der Waals surface area contributed by atoms with E-state index in [0.717, 1.165) is 30.4 Å². The summed E-state index contributed by atoms with van der Waals surface area (Å²) in [5.41, 5.74) is 7.68. The first-order valence-corrected chi connectivity index (χ1v) is 4.83. The molecule has 0 spiro atoms. The van der Waals surface area contributed by atoms with Gasteiger partial charge < -0.3 is 15.6 Å². The number of H-pyrrole nitrogens is 1. The van der Waals surface area contributed by atoms with Gasteiger partial charge in [0.25, 0.3) is 0 Å². The molecule has 3 heterocycles. The maximum Gasteiger partial charge on any atom is 0.207 e. The monoisotopic (exact) mass is 204 g/mol. The van der Waals surface area contributed by atoms with Crippen molar-refractivity contribution < 1.29 is 0 Å². The second-order valence-electron chi connectivity index (χ2n) is 3.68. The predicted octanol–water partition coefficient (Wildman–Crippen LogP) is 0.305. The molecule has 0 aliphatic carbocycles. The van der Waals surface area contributed by atoms with E-state index in [-0.39, 0.29) is 0 Å². The quantitative estimate of drug-likeness (QED) is 0.700. The van der Waals surface area contributed by atoms with Gasteiger partial charge in [0.15, 0.2) is 0 Å². The van der Waals surface area contributed by atoms with E-state index in [2.05, 4.69) is 19.9 Å². The van der Waals surface area contributed by atoms with E-state index in [4.69, 9.17) is 5.73 Å². The number of aromatic amines is 1. The summed E-state index contributed by atoms with van der Waals surface area (Å²) in [7, 11) is 2.02. The summed E-state index contributed by atoms with van der Waals surface area (Å²) in [6.45, 7) is 1.87. The van der Waals surface area contributed by atoms with Crippen molar-refractivity contribution in [3.8, 4) is 11.4 Å². The SMILES string of the molecule is CN1CCn2c1nc(-c1cnc[nH]1)c2N. The Morgan fingerprint density at radius 1 is 1.47 bits per heavy atom. The van der Waals surface area contributed by atoms with E-state index < -0.39 is 0 Å². The van der Waals surface area contributed by atoms with E-state index in [9.17, 15) is 0 Å². The van der Waals surface area contributed by atoms with Crippen molar-refractivity contribution in [3.63, 3.8) is 0 Å². The second kappa shape index (κ2) is 2.75. The molecule has 0 unspecified atom stereocenters. The Bertz CT molecular complexity index is 483. The minimum atomic E-state index is 0.707. The van der Waals surface area contributed by atoms with Gasteiger partial charge >= 0.3 is 0 Å². The summed E-state index contributed by atoms with van der Waals surface area (Å²) in [5.74, 6) is 1.63. The van der Waals surface area contributed by atoms with Crippen molar-refractivity contribution in [2.45, 2.75) is 6.54 Å². The van der Waals surface area contributed by atoms with E-state index in [0.29, 0.717) is 5.82 Å². The highest BCUT2D eigenvalue weighted by Gasteiger charge is 2.23. The molecule has 0 atom stereocenters. The molecular weight excluding hydrogens is 192 g/mol. The third-order valence-corrected chi connectivity index (χ3v) is 2.74. The van der Waals surface area contributed by atoms with Crippen LogP contribution in [-0.2, 0) is 6.54 Å². The fourth-order valence-corrected chi connectivity index (χ4v) is 1.90. The number of rotatable bonds is 1. The smallest absolute Gasteiger partial charge is 0.207 e. The molecule has 0 amide bonds. The van der Waals surface area contributed by atoms with Crippen LogP contribution in [0.1, 0.15) is 0 Å². The van der Waals surface area contributed by atoms with Crippen LogP contribution in [0.3, 0.4) is 0 Å². The van der Waals surface area contributed by atoms with Crippen molar-refractivity contribution in [2.24, 2.45) is 0 Å². The number of likely N-dealkylation sites (N-methyl/N-ethyl adjacent to an activating group) is 1. The average Bonchev–Trinajstić information content (AvgIpc) is 2.87. The van der Waals surface area contributed by atoms with Crippen LogP contribution in [0.5, 0.6) is 0 Å². The topological polar surface area (TPSA) is 75.8 Å².